The van der Waals surface area contributed by atoms with Crippen molar-refractivity contribution in [1.29, 1.82) is 0 Å². The van der Waals surface area contributed by atoms with Gasteiger partial charge in [0.2, 0.25) is 0 Å². The number of rotatable bonds is 6. The minimum atomic E-state index is -0.298. The van der Waals surface area contributed by atoms with E-state index in [1.165, 1.54) is 12.1 Å². The van der Waals surface area contributed by atoms with Crippen molar-refractivity contribution in [2.24, 2.45) is 0 Å². The molecule has 1 N–H and O–H groups in total. The van der Waals surface area contributed by atoms with Crippen molar-refractivity contribution < 1.29 is 13.9 Å². The van der Waals surface area contributed by atoms with E-state index in [1.54, 1.807) is 19.4 Å². The highest BCUT2D eigenvalue weighted by Crippen LogP contribution is 2.33. The van der Waals surface area contributed by atoms with Crippen LogP contribution in [0.3, 0.4) is 0 Å². The fraction of sp³-hybridized carbons (Fsp3) is 0.0870. The maximum Gasteiger partial charge on any atom is 0.137 e. The van der Waals surface area contributed by atoms with Crippen LogP contribution >= 0.6 is 12.4 Å². The zero-order chi connectivity index (χ0) is 19.3. The molecule has 0 spiro atoms. The smallest absolute Gasteiger partial charge is 0.137 e. The molecule has 4 aromatic rings. The number of benzene rings is 3. The third-order valence-electron chi connectivity index (χ3n) is 4.39. The van der Waals surface area contributed by atoms with E-state index >= 15 is 0 Å². The number of nitrogens with zero attached hydrogens (tertiary/aromatic N) is 1. The fourth-order valence-electron chi connectivity index (χ4n) is 2.97. The predicted molar refractivity (Wildman–Crippen MR) is 114 cm³/mol. The molecule has 4 rings (SSSR count). The monoisotopic (exact) mass is 410 g/mol. The summed E-state index contributed by atoms with van der Waals surface area (Å²) in [7, 11) is 1.61. The first-order valence-corrected chi connectivity index (χ1v) is 8.89. The van der Waals surface area contributed by atoms with E-state index in [4.69, 9.17) is 9.47 Å². The number of aromatic nitrogens is 2. The van der Waals surface area contributed by atoms with E-state index in [-0.39, 0.29) is 18.2 Å². The van der Waals surface area contributed by atoms with Crippen LogP contribution in [0.5, 0.6) is 11.5 Å². The van der Waals surface area contributed by atoms with Crippen molar-refractivity contribution in [3.8, 4) is 34.1 Å². The van der Waals surface area contributed by atoms with Crippen LogP contribution in [0.15, 0.2) is 79.0 Å². The Labute approximate surface area is 174 Å². The van der Waals surface area contributed by atoms with E-state index in [0.29, 0.717) is 29.5 Å². The second-order valence-corrected chi connectivity index (χ2v) is 6.29. The lowest BCUT2D eigenvalue weighted by atomic mass is 10.1. The summed E-state index contributed by atoms with van der Waals surface area (Å²) in [5, 5.41) is 0. The maximum absolute atomic E-state index is 13.5. The molecule has 148 valence electrons. The molecule has 0 saturated carbocycles. The first-order valence-electron chi connectivity index (χ1n) is 8.89. The maximum atomic E-state index is 13.5. The molecule has 1 aromatic heterocycles. The summed E-state index contributed by atoms with van der Waals surface area (Å²) in [6.07, 6.45) is 1.71. The number of halogens is 2. The number of methoxy groups -OCH3 is 1. The molecule has 4 nitrogen and oxygen atoms in total. The zero-order valence-corrected chi connectivity index (χ0v) is 16.6. The molecular weight excluding hydrogens is 391 g/mol. The Balaban J connectivity index is 0.00000240. The molecule has 0 radical (unpaired) electrons. The summed E-state index contributed by atoms with van der Waals surface area (Å²) < 4.78 is 24.9. The number of hydrogen-bond acceptors (Lipinski definition) is 3. The first-order chi connectivity index (χ1) is 13.7. The van der Waals surface area contributed by atoms with Gasteiger partial charge in [-0.25, -0.2) is 9.37 Å². The normalized spacial score (nSPS) is 10.3. The molecule has 0 bridgehead atoms. The lowest BCUT2D eigenvalue weighted by Crippen LogP contribution is -1.96. The van der Waals surface area contributed by atoms with Crippen LogP contribution in [0.2, 0.25) is 0 Å². The number of H-pyrrole nitrogens is 1. The Bertz CT molecular complexity index is 1080. The predicted octanol–water partition coefficient (Wildman–Crippen LogP) is 5.89. The van der Waals surface area contributed by atoms with Gasteiger partial charge in [0.1, 0.15) is 29.7 Å². The molecule has 0 fully saturated rings. The average molecular weight is 411 g/mol. The molecule has 0 amide bonds. The fourth-order valence-corrected chi connectivity index (χ4v) is 2.97. The van der Waals surface area contributed by atoms with Crippen molar-refractivity contribution in [3.05, 3.63) is 90.4 Å². The Hall–Kier alpha value is -3.31. The molecule has 0 aliphatic carbocycles. The van der Waals surface area contributed by atoms with Gasteiger partial charge in [0, 0.05) is 17.2 Å². The van der Waals surface area contributed by atoms with Gasteiger partial charge in [0.05, 0.1) is 19.0 Å². The Kier molecular flexibility index (Phi) is 6.52. The second kappa shape index (κ2) is 9.26. The molecule has 0 aliphatic rings. The average Bonchev–Trinajstić information content (AvgIpc) is 3.23. The van der Waals surface area contributed by atoms with E-state index in [9.17, 15) is 4.39 Å². The topological polar surface area (TPSA) is 47.1 Å². The van der Waals surface area contributed by atoms with Gasteiger partial charge >= 0.3 is 0 Å². The third-order valence-corrected chi connectivity index (χ3v) is 4.39. The number of imidazole rings is 1. The van der Waals surface area contributed by atoms with Crippen LogP contribution in [-0.2, 0) is 6.61 Å². The minimum Gasteiger partial charge on any atom is -0.496 e. The molecule has 6 heteroatoms. The van der Waals surface area contributed by atoms with Crippen LogP contribution < -0.4 is 9.47 Å². The molecule has 29 heavy (non-hydrogen) atoms. The standard InChI is InChI=1S/C23H19FN2O2.ClH/c1-27-22-13-19(28-15-16-6-3-2-4-7-16)10-11-20(22)21-14-25-23(26-21)17-8-5-9-18(24)12-17;/h2-14H,15H2,1H3,(H,25,26);1H. The van der Waals surface area contributed by atoms with Crippen molar-refractivity contribution >= 4 is 12.4 Å². The highest BCUT2D eigenvalue weighted by atomic mass is 35.5. The van der Waals surface area contributed by atoms with Crippen LogP contribution in [0, 0.1) is 5.82 Å². The van der Waals surface area contributed by atoms with Crippen molar-refractivity contribution in [2.45, 2.75) is 6.61 Å². The van der Waals surface area contributed by atoms with Crippen molar-refractivity contribution in [2.75, 3.05) is 7.11 Å². The largest absolute Gasteiger partial charge is 0.496 e. The van der Waals surface area contributed by atoms with Crippen LogP contribution in [0.1, 0.15) is 5.56 Å². The van der Waals surface area contributed by atoms with Gasteiger partial charge in [-0.15, -0.1) is 12.4 Å². The highest BCUT2D eigenvalue weighted by molar-refractivity contribution is 5.85. The number of nitrogens with one attached hydrogen (secondary N) is 1. The number of ether oxygens (including phenoxy) is 2. The first kappa shape index (κ1) is 20.4. The van der Waals surface area contributed by atoms with Gasteiger partial charge in [0.25, 0.3) is 0 Å². The zero-order valence-electron chi connectivity index (χ0n) is 15.8. The van der Waals surface area contributed by atoms with E-state index in [2.05, 4.69) is 9.97 Å². The van der Waals surface area contributed by atoms with Gasteiger partial charge in [-0.2, -0.15) is 0 Å². The van der Waals surface area contributed by atoms with Gasteiger partial charge in [-0.3, -0.25) is 0 Å². The van der Waals surface area contributed by atoms with Crippen LogP contribution in [0.4, 0.5) is 4.39 Å². The van der Waals surface area contributed by atoms with Gasteiger partial charge in [0.15, 0.2) is 0 Å². The summed E-state index contributed by atoms with van der Waals surface area (Å²) in [5.74, 6) is 1.68. The molecule has 1 heterocycles. The molecular formula is C23H20ClFN2O2. The van der Waals surface area contributed by atoms with Gasteiger partial charge < -0.3 is 14.5 Å². The lowest BCUT2D eigenvalue weighted by Gasteiger charge is -2.11. The van der Waals surface area contributed by atoms with Gasteiger partial charge in [-0.1, -0.05) is 42.5 Å². The summed E-state index contributed by atoms with van der Waals surface area (Å²) in [5.41, 5.74) is 3.42. The molecule has 3 aromatic carbocycles. The van der Waals surface area contributed by atoms with Gasteiger partial charge in [-0.05, 0) is 29.8 Å². The number of hydrogen-bond donors (Lipinski definition) is 1. The Morgan fingerprint density at radius 1 is 0.966 bits per heavy atom. The van der Waals surface area contributed by atoms with E-state index < -0.39 is 0 Å². The molecule has 0 saturated heterocycles. The quantitative estimate of drug-likeness (QED) is 0.431. The SMILES string of the molecule is COc1cc(OCc2ccccc2)ccc1-c1cnc(-c2cccc(F)c2)[nH]1.Cl. The second-order valence-electron chi connectivity index (χ2n) is 6.29. The summed E-state index contributed by atoms with van der Waals surface area (Å²) in [4.78, 5) is 7.60. The van der Waals surface area contributed by atoms with E-state index in [0.717, 1.165) is 16.8 Å². The van der Waals surface area contributed by atoms with Crippen molar-refractivity contribution in [3.63, 3.8) is 0 Å². The summed E-state index contributed by atoms with van der Waals surface area (Å²) in [6.45, 7) is 0.483. The molecule has 0 atom stereocenters. The number of aromatic amines is 1. The Morgan fingerprint density at radius 2 is 1.79 bits per heavy atom. The van der Waals surface area contributed by atoms with Crippen molar-refractivity contribution in [1.82, 2.24) is 9.97 Å². The molecule has 0 unspecified atom stereocenters. The van der Waals surface area contributed by atoms with E-state index in [1.807, 2.05) is 54.6 Å². The van der Waals surface area contributed by atoms with Crippen LogP contribution in [-0.4, -0.2) is 17.1 Å². The summed E-state index contributed by atoms with van der Waals surface area (Å²) >= 11 is 0. The minimum absolute atomic E-state index is 0. The summed E-state index contributed by atoms with van der Waals surface area (Å²) in [6, 6.07) is 22.0. The van der Waals surface area contributed by atoms with Crippen LogP contribution in [0.25, 0.3) is 22.6 Å². The Morgan fingerprint density at radius 3 is 2.55 bits per heavy atom. The third kappa shape index (κ3) is 4.76. The lowest BCUT2D eigenvalue weighted by molar-refractivity contribution is 0.304. The highest BCUT2D eigenvalue weighted by Gasteiger charge is 2.12. The molecule has 0 aliphatic heterocycles.